The van der Waals surface area contributed by atoms with Crippen molar-refractivity contribution in [2.45, 2.75) is 80.8 Å². The van der Waals surface area contributed by atoms with E-state index in [-0.39, 0.29) is 41.0 Å². The first-order valence-corrected chi connectivity index (χ1v) is 13.2. The molecule has 1 aliphatic heterocycles. The molecular formula is C32H46O5. The molecular weight excluding hydrogens is 464 g/mol. The Bertz CT molecular complexity index is 973. The molecule has 5 heteroatoms. The monoisotopic (exact) mass is 510 g/mol. The van der Waals surface area contributed by atoms with Gasteiger partial charge in [-0.05, 0) is 50.5 Å². The van der Waals surface area contributed by atoms with E-state index in [0.29, 0.717) is 18.8 Å². The minimum absolute atomic E-state index is 0.103. The van der Waals surface area contributed by atoms with Crippen LogP contribution in [-0.4, -0.2) is 28.9 Å². The normalized spacial score (nSPS) is 22.0. The molecule has 0 aromatic rings. The number of allylic oxidation sites excluding steroid dienone is 8. The summed E-state index contributed by atoms with van der Waals surface area (Å²) in [6, 6.07) is 0. The molecule has 5 nitrogen and oxygen atoms in total. The molecule has 0 radical (unpaired) electrons. The molecule has 0 aromatic carbocycles. The maximum atomic E-state index is 12.9. The Kier molecular flexibility index (Phi) is 13.3. The summed E-state index contributed by atoms with van der Waals surface area (Å²) in [6.07, 6.45) is 20.5. The van der Waals surface area contributed by atoms with Crippen molar-refractivity contribution in [3.63, 3.8) is 0 Å². The molecule has 0 saturated heterocycles. The Labute approximate surface area is 223 Å². The van der Waals surface area contributed by atoms with E-state index in [1.807, 2.05) is 58.9 Å². The van der Waals surface area contributed by atoms with E-state index in [0.717, 1.165) is 23.6 Å². The molecule has 0 bridgehead atoms. The molecule has 1 N–H and O–H groups in total. The van der Waals surface area contributed by atoms with Crippen LogP contribution in [0.4, 0.5) is 0 Å². The molecule has 0 spiro atoms. The van der Waals surface area contributed by atoms with E-state index < -0.39 is 5.97 Å². The largest absolute Gasteiger partial charge is 0.478 e. The Balaban J connectivity index is 2.59. The fraction of sp³-hybridized carbons (Fsp3) is 0.531. The van der Waals surface area contributed by atoms with Crippen molar-refractivity contribution in [1.29, 1.82) is 0 Å². The average Bonchev–Trinajstić information content (AvgIpc) is 2.78. The summed E-state index contributed by atoms with van der Waals surface area (Å²) < 4.78 is 5.35. The van der Waals surface area contributed by atoms with E-state index in [1.165, 1.54) is 6.08 Å². The van der Waals surface area contributed by atoms with Crippen molar-refractivity contribution in [3.05, 3.63) is 71.9 Å². The first-order valence-electron chi connectivity index (χ1n) is 13.2. The molecule has 0 aliphatic carbocycles. The number of carboxylic acid groups (broad SMARTS) is 1. The molecule has 1 aliphatic rings. The number of ether oxygens (including phenoxy) is 1. The van der Waals surface area contributed by atoms with Crippen molar-refractivity contribution >= 4 is 17.7 Å². The number of hydrogen-bond donors (Lipinski definition) is 1. The third-order valence-corrected chi connectivity index (χ3v) is 6.53. The lowest BCUT2D eigenvalue weighted by Crippen LogP contribution is -2.25. The molecule has 0 aromatic heterocycles. The molecule has 1 heterocycles. The highest BCUT2D eigenvalue weighted by Gasteiger charge is 2.26. The zero-order valence-electron chi connectivity index (χ0n) is 23.9. The van der Waals surface area contributed by atoms with Crippen molar-refractivity contribution in [3.8, 4) is 0 Å². The lowest BCUT2D eigenvalue weighted by molar-refractivity contribution is -0.143. The number of rotatable bonds is 14. The average molecular weight is 511 g/mol. The zero-order chi connectivity index (χ0) is 28.2. The van der Waals surface area contributed by atoms with Crippen LogP contribution in [0.25, 0.3) is 0 Å². The van der Waals surface area contributed by atoms with Gasteiger partial charge in [0.15, 0.2) is 0 Å². The number of Topliss-reactive ketones (excluding diaryl/α,β-unsaturated/α-hetero) is 1. The van der Waals surface area contributed by atoms with Crippen LogP contribution in [-0.2, 0) is 19.1 Å². The zero-order valence-corrected chi connectivity index (χ0v) is 23.9. The molecule has 37 heavy (non-hydrogen) atoms. The van der Waals surface area contributed by atoms with E-state index in [4.69, 9.17) is 9.84 Å². The van der Waals surface area contributed by atoms with Gasteiger partial charge in [-0.15, -0.1) is 0 Å². The van der Waals surface area contributed by atoms with Gasteiger partial charge in [0, 0.05) is 29.9 Å². The summed E-state index contributed by atoms with van der Waals surface area (Å²) in [6.45, 7) is 16.3. The Morgan fingerprint density at radius 1 is 1.05 bits per heavy atom. The van der Waals surface area contributed by atoms with Crippen LogP contribution in [0.3, 0.4) is 0 Å². The Morgan fingerprint density at radius 3 is 2.35 bits per heavy atom. The smallest absolute Gasteiger partial charge is 0.331 e. The van der Waals surface area contributed by atoms with Crippen molar-refractivity contribution in [2.75, 3.05) is 0 Å². The molecule has 0 fully saturated rings. The summed E-state index contributed by atoms with van der Waals surface area (Å²) in [7, 11) is 0. The van der Waals surface area contributed by atoms with Crippen LogP contribution in [0.15, 0.2) is 71.9 Å². The highest BCUT2D eigenvalue weighted by atomic mass is 16.5. The van der Waals surface area contributed by atoms with E-state index in [2.05, 4.69) is 39.0 Å². The van der Waals surface area contributed by atoms with Crippen LogP contribution in [0.2, 0.25) is 0 Å². The van der Waals surface area contributed by atoms with Gasteiger partial charge in [0.05, 0.1) is 0 Å². The predicted octanol–water partition coefficient (Wildman–Crippen LogP) is 7.42. The number of esters is 1. The lowest BCUT2D eigenvalue weighted by Gasteiger charge is -2.27. The molecule has 5 atom stereocenters. The van der Waals surface area contributed by atoms with Crippen molar-refractivity contribution in [1.82, 2.24) is 0 Å². The second-order valence-corrected chi connectivity index (χ2v) is 11.3. The molecule has 1 rings (SSSR count). The minimum atomic E-state index is -0.948. The fourth-order valence-electron chi connectivity index (χ4n) is 4.60. The second-order valence-electron chi connectivity index (χ2n) is 11.3. The summed E-state index contributed by atoms with van der Waals surface area (Å²) in [5.74, 6) is -0.811. The number of cyclic esters (lactones) is 1. The van der Waals surface area contributed by atoms with Gasteiger partial charge in [-0.3, -0.25) is 4.79 Å². The van der Waals surface area contributed by atoms with Crippen LogP contribution < -0.4 is 0 Å². The number of aliphatic carboxylic acids is 1. The molecule has 3 unspecified atom stereocenters. The van der Waals surface area contributed by atoms with Gasteiger partial charge in [-0.1, -0.05) is 95.2 Å². The van der Waals surface area contributed by atoms with Gasteiger partial charge in [0.2, 0.25) is 0 Å². The first-order chi connectivity index (χ1) is 17.2. The lowest BCUT2D eigenvalue weighted by atomic mass is 9.77. The van der Waals surface area contributed by atoms with E-state index in [9.17, 15) is 14.4 Å². The number of carbonyl (C=O) groups is 3. The van der Waals surface area contributed by atoms with Crippen LogP contribution in [0, 0.1) is 29.1 Å². The minimum Gasteiger partial charge on any atom is -0.478 e. The van der Waals surface area contributed by atoms with Gasteiger partial charge in [0.25, 0.3) is 0 Å². The van der Waals surface area contributed by atoms with Gasteiger partial charge in [0.1, 0.15) is 11.9 Å². The summed E-state index contributed by atoms with van der Waals surface area (Å²) in [5.41, 5.74) is 2.04. The van der Waals surface area contributed by atoms with Crippen LogP contribution in [0.5, 0.6) is 0 Å². The standard InChI is InChI=1S/C32H46O5/c1-22(19-24(3)14-16-28-25(4)15-17-30(35)37-28)11-9-12-23(2)20-26(5)31(36)27(6)21-32(7,8)18-10-13-29(33)34/h9-10,12-17,19-20,22,25-28H,11,18,21H2,1-8H3,(H,33,34)/b12-9+,13-10+,16-14+,23-20+,24-19+/t22?,25-,26?,27?,28-/m0/s1. The highest BCUT2D eigenvalue weighted by Crippen LogP contribution is 2.31. The predicted molar refractivity (Wildman–Crippen MR) is 151 cm³/mol. The molecule has 204 valence electrons. The van der Waals surface area contributed by atoms with E-state index >= 15 is 0 Å². The van der Waals surface area contributed by atoms with Crippen molar-refractivity contribution in [2.24, 2.45) is 29.1 Å². The van der Waals surface area contributed by atoms with Crippen LogP contribution >= 0.6 is 0 Å². The highest BCUT2D eigenvalue weighted by molar-refractivity contribution is 5.84. The van der Waals surface area contributed by atoms with Gasteiger partial charge in [-0.2, -0.15) is 0 Å². The Hall–Kier alpha value is -2.95. The summed E-state index contributed by atoms with van der Waals surface area (Å²) >= 11 is 0. The number of ketones is 1. The number of hydrogen-bond acceptors (Lipinski definition) is 4. The molecule has 0 saturated carbocycles. The number of carbonyl (C=O) groups excluding carboxylic acids is 2. The SMILES string of the molecule is CC(/C=C/[C@@H]1OC(=O)C=C[C@@H]1C)=C\C(C)C/C=C/C(C)=C/C(C)C(=O)C(C)CC(C)(C)C/C=C/C(=O)O. The third-order valence-electron chi connectivity index (χ3n) is 6.53. The third kappa shape index (κ3) is 13.2. The fourth-order valence-corrected chi connectivity index (χ4v) is 4.60. The van der Waals surface area contributed by atoms with Gasteiger partial charge >= 0.3 is 11.9 Å². The first kappa shape index (κ1) is 32.1. The quantitative estimate of drug-likeness (QED) is 0.149. The topological polar surface area (TPSA) is 80.7 Å². The van der Waals surface area contributed by atoms with Crippen LogP contribution in [0.1, 0.15) is 74.7 Å². The summed E-state index contributed by atoms with van der Waals surface area (Å²) in [4.78, 5) is 35.1. The number of carboxylic acids is 1. The van der Waals surface area contributed by atoms with Gasteiger partial charge < -0.3 is 9.84 Å². The van der Waals surface area contributed by atoms with E-state index in [1.54, 1.807) is 6.08 Å². The Morgan fingerprint density at radius 2 is 1.70 bits per heavy atom. The maximum Gasteiger partial charge on any atom is 0.331 e. The molecule has 0 amide bonds. The second kappa shape index (κ2) is 15.3. The summed E-state index contributed by atoms with van der Waals surface area (Å²) in [5, 5.41) is 8.78. The maximum absolute atomic E-state index is 12.9. The van der Waals surface area contributed by atoms with Gasteiger partial charge in [-0.25, -0.2) is 9.59 Å². The van der Waals surface area contributed by atoms with Crippen molar-refractivity contribution < 1.29 is 24.2 Å².